The van der Waals surface area contributed by atoms with Crippen LogP contribution in [-0.2, 0) is 9.05 Å². The fraction of sp³-hybridized carbons (Fsp3) is 0.462. The summed E-state index contributed by atoms with van der Waals surface area (Å²) in [7, 11) is 2.70. The van der Waals surface area contributed by atoms with Crippen molar-refractivity contribution in [1.82, 2.24) is 5.32 Å². The molecule has 7 heteroatoms. The molecule has 0 unspecified atom stereocenters. The zero-order chi connectivity index (χ0) is 15.6. The summed E-state index contributed by atoms with van der Waals surface area (Å²) in [5, 5.41) is 2.85. The number of amides is 1. The van der Waals surface area contributed by atoms with Crippen LogP contribution in [0.3, 0.4) is 0 Å². The number of rotatable bonds is 5. The number of ether oxygens (including phenoxy) is 1. The average Bonchev–Trinajstić information content (AvgIpc) is 2.36. The van der Waals surface area contributed by atoms with Crippen LogP contribution in [0.2, 0.25) is 0 Å². The van der Waals surface area contributed by atoms with Gasteiger partial charge in [0.05, 0.1) is 7.11 Å². The van der Waals surface area contributed by atoms with Crippen LogP contribution >= 0.6 is 10.7 Å². The fourth-order valence-electron chi connectivity index (χ4n) is 1.48. The third-order valence-electron chi connectivity index (χ3n) is 3.02. The molecule has 0 bridgehead atoms. The molecular weight excluding hydrogens is 302 g/mol. The molecule has 1 aromatic rings. The molecule has 1 aromatic carbocycles. The fourth-order valence-corrected chi connectivity index (χ4v) is 2.47. The number of benzene rings is 1. The lowest BCUT2D eigenvalue weighted by atomic mass is 10.0. The van der Waals surface area contributed by atoms with Gasteiger partial charge in [0.15, 0.2) is 0 Å². The van der Waals surface area contributed by atoms with Crippen LogP contribution in [0.5, 0.6) is 5.75 Å². The summed E-state index contributed by atoms with van der Waals surface area (Å²) in [6.45, 7) is 5.77. The monoisotopic (exact) mass is 319 g/mol. The van der Waals surface area contributed by atoms with Gasteiger partial charge in [-0.05, 0) is 38.5 Å². The van der Waals surface area contributed by atoms with Crippen LogP contribution < -0.4 is 10.1 Å². The molecule has 0 aliphatic rings. The summed E-state index contributed by atoms with van der Waals surface area (Å²) in [6, 6.07) is 4.02. The first-order valence-corrected chi connectivity index (χ1v) is 8.37. The smallest absolute Gasteiger partial charge is 0.264 e. The molecule has 0 aliphatic heterocycles. The number of carbonyl (C=O) groups excluding carboxylic acids is 1. The molecule has 0 radical (unpaired) electrons. The van der Waals surface area contributed by atoms with E-state index in [1.165, 1.54) is 25.3 Å². The maximum atomic E-state index is 12.1. The Kier molecular flexibility index (Phi) is 5.05. The molecule has 112 valence electrons. The van der Waals surface area contributed by atoms with Crippen molar-refractivity contribution in [3.05, 3.63) is 23.8 Å². The predicted molar refractivity (Wildman–Crippen MR) is 77.9 cm³/mol. The number of hydrogen-bond donors (Lipinski definition) is 1. The molecule has 0 spiro atoms. The molecule has 0 atom stereocenters. The van der Waals surface area contributed by atoms with E-state index in [2.05, 4.69) is 5.32 Å². The van der Waals surface area contributed by atoms with Crippen LogP contribution in [0, 0.1) is 0 Å². The Morgan fingerprint density at radius 2 is 2.00 bits per heavy atom. The average molecular weight is 320 g/mol. The third kappa shape index (κ3) is 4.11. The largest absolute Gasteiger partial charge is 0.495 e. The zero-order valence-corrected chi connectivity index (χ0v) is 13.4. The van der Waals surface area contributed by atoms with E-state index in [0.29, 0.717) is 5.56 Å². The molecule has 1 rings (SSSR count). The minimum Gasteiger partial charge on any atom is -0.495 e. The second kappa shape index (κ2) is 6.01. The zero-order valence-electron chi connectivity index (χ0n) is 11.9. The summed E-state index contributed by atoms with van der Waals surface area (Å²) < 4.78 is 27.7. The highest BCUT2D eigenvalue weighted by Crippen LogP contribution is 2.28. The minimum absolute atomic E-state index is 0.0435. The summed E-state index contributed by atoms with van der Waals surface area (Å²) in [6.07, 6.45) is 0.768. The molecule has 20 heavy (non-hydrogen) atoms. The van der Waals surface area contributed by atoms with Crippen molar-refractivity contribution in [2.24, 2.45) is 0 Å². The normalized spacial score (nSPS) is 12.1. The highest BCUT2D eigenvalue weighted by atomic mass is 35.7. The first-order chi connectivity index (χ1) is 9.10. The van der Waals surface area contributed by atoms with E-state index in [1.807, 2.05) is 20.8 Å². The van der Waals surface area contributed by atoms with E-state index in [-0.39, 0.29) is 22.1 Å². The Morgan fingerprint density at radius 1 is 1.40 bits per heavy atom. The first-order valence-electron chi connectivity index (χ1n) is 6.06. The van der Waals surface area contributed by atoms with Crippen LogP contribution in [-0.4, -0.2) is 27.0 Å². The second-order valence-electron chi connectivity index (χ2n) is 5.00. The standard InChI is InChI=1S/C13H18ClNO4S/c1-5-13(2,3)15-12(16)9-6-7-11(20(14,17)18)10(8-9)19-4/h6-8H,5H2,1-4H3,(H,15,16). The van der Waals surface area contributed by atoms with Gasteiger partial charge in [-0.15, -0.1) is 0 Å². The van der Waals surface area contributed by atoms with Gasteiger partial charge in [0.25, 0.3) is 15.0 Å². The quantitative estimate of drug-likeness (QED) is 0.846. The maximum absolute atomic E-state index is 12.1. The van der Waals surface area contributed by atoms with Crippen LogP contribution in [0.1, 0.15) is 37.6 Å². The second-order valence-corrected chi connectivity index (χ2v) is 7.53. The lowest BCUT2D eigenvalue weighted by molar-refractivity contribution is 0.0910. The van der Waals surface area contributed by atoms with Crippen LogP contribution in [0.4, 0.5) is 0 Å². The summed E-state index contributed by atoms with van der Waals surface area (Å²) in [5.74, 6) is -0.254. The van der Waals surface area contributed by atoms with Gasteiger partial charge in [0.2, 0.25) is 0 Å². The maximum Gasteiger partial charge on any atom is 0.264 e. The number of nitrogens with one attached hydrogen (secondary N) is 1. The van der Waals surface area contributed by atoms with Crippen molar-refractivity contribution in [3.8, 4) is 5.75 Å². The van der Waals surface area contributed by atoms with Crippen molar-refractivity contribution in [2.75, 3.05) is 7.11 Å². The topological polar surface area (TPSA) is 72.5 Å². The molecule has 0 aromatic heterocycles. The van der Waals surface area contributed by atoms with E-state index in [4.69, 9.17) is 15.4 Å². The SMILES string of the molecule is CCC(C)(C)NC(=O)c1ccc(S(=O)(=O)Cl)c(OC)c1. The molecule has 0 saturated heterocycles. The van der Waals surface area contributed by atoms with Crippen molar-refractivity contribution in [1.29, 1.82) is 0 Å². The van der Waals surface area contributed by atoms with E-state index in [1.54, 1.807) is 0 Å². The van der Waals surface area contributed by atoms with Crippen molar-refractivity contribution >= 4 is 25.6 Å². The molecule has 1 N–H and O–H groups in total. The molecule has 0 fully saturated rings. The Hall–Kier alpha value is -1.27. The van der Waals surface area contributed by atoms with Gasteiger partial charge in [0, 0.05) is 21.8 Å². The Balaban J connectivity index is 3.14. The van der Waals surface area contributed by atoms with Crippen LogP contribution in [0.15, 0.2) is 23.1 Å². The van der Waals surface area contributed by atoms with Gasteiger partial charge >= 0.3 is 0 Å². The molecular formula is C13H18ClNO4S. The minimum atomic E-state index is -3.91. The van der Waals surface area contributed by atoms with Crippen molar-refractivity contribution in [2.45, 2.75) is 37.6 Å². The lowest BCUT2D eigenvalue weighted by Crippen LogP contribution is -2.42. The van der Waals surface area contributed by atoms with Crippen molar-refractivity contribution < 1.29 is 17.9 Å². The van der Waals surface area contributed by atoms with E-state index in [0.717, 1.165) is 6.42 Å². The van der Waals surface area contributed by atoms with E-state index >= 15 is 0 Å². The number of carbonyl (C=O) groups is 1. The van der Waals surface area contributed by atoms with Gasteiger partial charge in [-0.3, -0.25) is 4.79 Å². The molecule has 0 aliphatic carbocycles. The van der Waals surface area contributed by atoms with Gasteiger partial charge in [-0.2, -0.15) is 0 Å². The number of methoxy groups -OCH3 is 1. The van der Waals surface area contributed by atoms with Gasteiger partial charge in [0.1, 0.15) is 10.6 Å². The van der Waals surface area contributed by atoms with Crippen LogP contribution in [0.25, 0.3) is 0 Å². The van der Waals surface area contributed by atoms with E-state index in [9.17, 15) is 13.2 Å². The predicted octanol–water partition coefficient (Wildman–Crippen LogP) is 2.54. The highest BCUT2D eigenvalue weighted by Gasteiger charge is 2.22. The van der Waals surface area contributed by atoms with Gasteiger partial charge in [-0.25, -0.2) is 8.42 Å². The number of hydrogen-bond acceptors (Lipinski definition) is 4. The van der Waals surface area contributed by atoms with Gasteiger partial charge < -0.3 is 10.1 Å². The molecule has 1 amide bonds. The molecule has 0 saturated carbocycles. The number of halogens is 1. The third-order valence-corrected chi connectivity index (χ3v) is 4.39. The summed E-state index contributed by atoms with van der Waals surface area (Å²) >= 11 is 0. The van der Waals surface area contributed by atoms with E-state index < -0.39 is 9.05 Å². The first kappa shape index (κ1) is 16.8. The molecule has 5 nitrogen and oxygen atoms in total. The Labute approximate surface area is 123 Å². The Bertz CT molecular complexity index is 611. The summed E-state index contributed by atoms with van der Waals surface area (Å²) in [4.78, 5) is 11.9. The highest BCUT2D eigenvalue weighted by molar-refractivity contribution is 8.13. The molecule has 0 heterocycles. The lowest BCUT2D eigenvalue weighted by Gasteiger charge is -2.24. The summed E-state index contributed by atoms with van der Waals surface area (Å²) in [5.41, 5.74) is -0.0332. The Morgan fingerprint density at radius 3 is 2.45 bits per heavy atom. The van der Waals surface area contributed by atoms with Gasteiger partial charge in [-0.1, -0.05) is 6.92 Å². The van der Waals surface area contributed by atoms with Crippen molar-refractivity contribution in [3.63, 3.8) is 0 Å².